The summed E-state index contributed by atoms with van der Waals surface area (Å²) in [5.74, 6) is 1.27. The summed E-state index contributed by atoms with van der Waals surface area (Å²) in [5.41, 5.74) is 2.29. The van der Waals surface area contributed by atoms with Gasteiger partial charge in [0.2, 0.25) is 0 Å². The van der Waals surface area contributed by atoms with Gasteiger partial charge in [0, 0.05) is 0 Å². The normalized spacial score (nSPS) is 13.2. The van der Waals surface area contributed by atoms with E-state index in [0.717, 1.165) is 24.2 Å². The Kier molecular flexibility index (Phi) is 3.42. The Labute approximate surface area is 118 Å². The highest BCUT2D eigenvalue weighted by molar-refractivity contribution is 6.12. The Morgan fingerprint density at radius 1 is 1.10 bits per heavy atom. The van der Waals surface area contributed by atoms with Gasteiger partial charge in [0.05, 0.1) is 24.8 Å². The minimum absolute atomic E-state index is 0.0544. The van der Waals surface area contributed by atoms with Gasteiger partial charge in [-0.15, -0.1) is 0 Å². The number of hydrogen-bond acceptors (Lipinski definition) is 3. The van der Waals surface area contributed by atoms with Gasteiger partial charge in [-0.25, -0.2) is 0 Å². The van der Waals surface area contributed by atoms with Crippen molar-refractivity contribution in [2.75, 3.05) is 13.7 Å². The highest BCUT2D eigenvalue weighted by atomic mass is 16.5. The Bertz CT molecular complexity index is 646. The molecule has 102 valence electrons. The average Bonchev–Trinajstić information content (AvgIpc) is 2.53. The molecule has 2 aromatic rings. The van der Waals surface area contributed by atoms with Gasteiger partial charge in [0.25, 0.3) is 0 Å². The van der Waals surface area contributed by atoms with Crippen molar-refractivity contribution >= 4 is 5.78 Å². The first-order valence-corrected chi connectivity index (χ1v) is 6.73. The molecule has 1 aliphatic heterocycles. The van der Waals surface area contributed by atoms with E-state index in [2.05, 4.69) is 0 Å². The van der Waals surface area contributed by atoms with Crippen molar-refractivity contribution < 1.29 is 14.3 Å². The summed E-state index contributed by atoms with van der Waals surface area (Å²) in [5, 5.41) is 0. The van der Waals surface area contributed by atoms with E-state index < -0.39 is 0 Å². The van der Waals surface area contributed by atoms with Gasteiger partial charge in [-0.3, -0.25) is 4.79 Å². The molecule has 0 fully saturated rings. The molecule has 3 nitrogen and oxygen atoms in total. The molecular formula is C17H16O3. The lowest BCUT2D eigenvalue weighted by atomic mass is 9.96. The number of methoxy groups -OCH3 is 1. The van der Waals surface area contributed by atoms with E-state index in [1.54, 1.807) is 19.2 Å². The summed E-state index contributed by atoms with van der Waals surface area (Å²) in [6.07, 6.45) is 1.96. The summed E-state index contributed by atoms with van der Waals surface area (Å²) in [6.45, 7) is 0.670. The van der Waals surface area contributed by atoms with E-state index in [4.69, 9.17) is 9.47 Å². The van der Waals surface area contributed by atoms with Crippen molar-refractivity contribution in [1.82, 2.24) is 0 Å². The van der Waals surface area contributed by atoms with Crippen LogP contribution < -0.4 is 9.47 Å². The third-order valence-corrected chi connectivity index (χ3v) is 3.53. The van der Waals surface area contributed by atoms with Gasteiger partial charge in [0.15, 0.2) is 5.78 Å². The quantitative estimate of drug-likeness (QED) is 0.802. The molecule has 0 radical (unpaired) electrons. The number of para-hydroxylation sites is 2. The lowest BCUT2D eigenvalue weighted by molar-refractivity contribution is 0.103. The third kappa shape index (κ3) is 2.16. The second-order valence-corrected chi connectivity index (χ2v) is 4.78. The predicted octanol–water partition coefficient (Wildman–Crippen LogP) is 3.25. The van der Waals surface area contributed by atoms with Crippen LogP contribution in [0.3, 0.4) is 0 Å². The number of hydrogen-bond donors (Lipinski definition) is 0. The molecule has 20 heavy (non-hydrogen) atoms. The molecule has 3 rings (SSSR count). The molecule has 3 heteroatoms. The molecule has 2 aromatic carbocycles. The monoisotopic (exact) mass is 268 g/mol. The van der Waals surface area contributed by atoms with Crippen molar-refractivity contribution in [3.05, 3.63) is 59.2 Å². The highest BCUT2D eigenvalue weighted by Gasteiger charge is 2.22. The number of ether oxygens (including phenoxy) is 2. The molecule has 0 aromatic heterocycles. The van der Waals surface area contributed by atoms with Crippen molar-refractivity contribution in [2.45, 2.75) is 12.8 Å². The second-order valence-electron chi connectivity index (χ2n) is 4.78. The number of aryl methyl sites for hydroxylation is 1. The van der Waals surface area contributed by atoms with Crippen LogP contribution in [-0.4, -0.2) is 19.5 Å². The lowest BCUT2D eigenvalue weighted by Crippen LogP contribution is -2.13. The van der Waals surface area contributed by atoms with Crippen LogP contribution >= 0.6 is 0 Å². The number of benzene rings is 2. The zero-order valence-corrected chi connectivity index (χ0v) is 11.4. The number of fused-ring (bicyclic) bond motifs is 1. The van der Waals surface area contributed by atoms with Gasteiger partial charge in [-0.1, -0.05) is 24.3 Å². The minimum atomic E-state index is -0.0544. The van der Waals surface area contributed by atoms with E-state index in [-0.39, 0.29) is 5.78 Å². The first-order chi connectivity index (χ1) is 9.81. The molecule has 0 amide bonds. The summed E-state index contributed by atoms with van der Waals surface area (Å²) < 4.78 is 11.0. The fourth-order valence-corrected chi connectivity index (χ4v) is 2.55. The van der Waals surface area contributed by atoms with Gasteiger partial charge < -0.3 is 9.47 Å². The van der Waals surface area contributed by atoms with Gasteiger partial charge in [0.1, 0.15) is 11.5 Å². The molecule has 0 unspecified atom stereocenters. The molecule has 0 spiro atoms. The fraction of sp³-hybridized carbons (Fsp3) is 0.235. The minimum Gasteiger partial charge on any atom is -0.496 e. The zero-order chi connectivity index (χ0) is 13.9. The zero-order valence-electron chi connectivity index (χ0n) is 11.4. The summed E-state index contributed by atoms with van der Waals surface area (Å²) in [6, 6.07) is 13.0. The summed E-state index contributed by atoms with van der Waals surface area (Å²) in [4.78, 5) is 12.7. The van der Waals surface area contributed by atoms with Crippen LogP contribution in [0.15, 0.2) is 42.5 Å². The summed E-state index contributed by atoms with van der Waals surface area (Å²) in [7, 11) is 1.57. The van der Waals surface area contributed by atoms with E-state index in [1.807, 2.05) is 30.3 Å². The standard InChI is InChI=1S/C17H16O3/c1-19-15-10-3-2-8-13(15)16(18)14-9-4-6-12-7-5-11-20-17(12)14/h2-4,6,8-10H,5,7,11H2,1H3. The highest BCUT2D eigenvalue weighted by Crippen LogP contribution is 2.32. The topological polar surface area (TPSA) is 35.5 Å². The molecule has 0 saturated carbocycles. The maximum Gasteiger partial charge on any atom is 0.200 e. The van der Waals surface area contributed by atoms with Crippen LogP contribution in [-0.2, 0) is 6.42 Å². The Morgan fingerprint density at radius 3 is 2.75 bits per heavy atom. The fourth-order valence-electron chi connectivity index (χ4n) is 2.55. The van der Waals surface area contributed by atoms with Crippen LogP contribution in [0.5, 0.6) is 11.5 Å². The van der Waals surface area contributed by atoms with E-state index >= 15 is 0 Å². The maximum absolute atomic E-state index is 12.7. The van der Waals surface area contributed by atoms with Gasteiger partial charge in [-0.05, 0) is 36.6 Å². The SMILES string of the molecule is COc1ccccc1C(=O)c1cccc2c1OCCC2. The molecule has 1 aliphatic rings. The molecule has 1 heterocycles. The maximum atomic E-state index is 12.7. The largest absolute Gasteiger partial charge is 0.496 e. The van der Waals surface area contributed by atoms with Crippen molar-refractivity contribution in [3.8, 4) is 11.5 Å². The van der Waals surface area contributed by atoms with E-state index in [9.17, 15) is 4.79 Å². The molecule has 0 aliphatic carbocycles. The molecule has 0 atom stereocenters. The van der Waals surface area contributed by atoms with Gasteiger partial charge >= 0.3 is 0 Å². The number of rotatable bonds is 3. The first kappa shape index (κ1) is 12.7. The van der Waals surface area contributed by atoms with Crippen molar-refractivity contribution in [2.24, 2.45) is 0 Å². The smallest absolute Gasteiger partial charge is 0.200 e. The van der Waals surface area contributed by atoms with Crippen molar-refractivity contribution in [3.63, 3.8) is 0 Å². The van der Waals surface area contributed by atoms with Gasteiger partial charge in [-0.2, -0.15) is 0 Å². The molecule has 0 bridgehead atoms. The van der Waals surface area contributed by atoms with E-state index in [1.165, 1.54) is 0 Å². The van der Waals surface area contributed by atoms with Crippen LogP contribution in [0.2, 0.25) is 0 Å². The third-order valence-electron chi connectivity index (χ3n) is 3.53. The van der Waals surface area contributed by atoms with Crippen LogP contribution in [0.1, 0.15) is 27.9 Å². The van der Waals surface area contributed by atoms with Crippen molar-refractivity contribution in [1.29, 1.82) is 0 Å². The number of carbonyl (C=O) groups excluding carboxylic acids is 1. The predicted molar refractivity (Wildman–Crippen MR) is 76.7 cm³/mol. The van der Waals surface area contributed by atoms with Crippen LogP contribution in [0.4, 0.5) is 0 Å². The Hall–Kier alpha value is -2.29. The van der Waals surface area contributed by atoms with Crippen LogP contribution in [0, 0.1) is 0 Å². The number of ketones is 1. The Morgan fingerprint density at radius 2 is 1.90 bits per heavy atom. The first-order valence-electron chi connectivity index (χ1n) is 6.73. The number of carbonyl (C=O) groups is 1. The van der Waals surface area contributed by atoms with Crippen LogP contribution in [0.25, 0.3) is 0 Å². The molecular weight excluding hydrogens is 252 g/mol. The lowest BCUT2D eigenvalue weighted by Gasteiger charge is -2.20. The summed E-state index contributed by atoms with van der Waals surface area (Å²) >= 11 is 0. The second kappa shape index (κ2) is 5.37. The average molecular weight is 268 g/mol. The molecule has 0 saturated heterocycles. The molecule has 0 N–H and O–H groups in total. The Balaban J connectivity index is 2.07. The van der Waals surface area contributed by atoms with E-state index in [0.29, 0.717) is 23.5 Å².